The van der Waals surface area contributed by atoms with E-state index in [2.05, 4.69) is 4.72 Å². The summed E-state index contributed by atoms with van der Waals surface area (Å²) in [5.41, 5.74) is 1.95. The van der Waals surface area contributed by atoms with Gasteiger partial charge in [0.1, 0.15) is 0 Å². The molecule has 3 rings (SSSR count). The predicted molar refractivity (Wildman–Crippen MR) is 107 cm³/mol. The fourth-order valence-electron chi connectivity index (χ4n) is 3.60. The highest BCUT2D eigenvalue weighted by Crippen LogP contribution is 2.25. The van der Waals surface area contributed by atoms with Gasteiger partial charge in [0.15, 0.2) is 0 Å². The van der Waals surface area contributed by atoms with E-state index in [1.165, 1.54) is 12.1 Å². The van der Waals surface area contributed by atoms with Gasteiger partial charge in [-0.1, -0.05) is 23.8 Å². The Morgan fingerprint density at radius 1 is 1.04 bits per heavy atom. The number of amides is 1. The fourth-order valence-corrected chi connectivity index (χ4v) is 4.71. The van der Waals surface area contributed by atoms with Gasteiger partial charge in [0.05, 0.1) is 4.90 Å². The number of piperidine rings is 1. The number of anilines is 1. The van der Waals surface area contributed by atoms with Gasteiger partial charge in [-0.2, -0.15) is 0 Å². The van der Waals surface area contributed by atoms with Crippen molar-refractivity contribution in [3.63, 3.8) is 0 Å². The molecule has 1 aliphatic rings. The van der Waals surface area contributed by atoms with Crippen LogP contribution in [0.5, 0.6) is 0 Å². The first kappa shape index (κ1) is 19.4. The SMILES string of the molecule is Cc1ccc(NS(=O)(=O)c2cccc(C(=O)N3C(C)CCCC3C)c2)cc1. The summed E-state index contributed by atoms with van der Waals surface area (Å²) in [5.74, 6) is -0.109. The van der Waals surface area contributed by atoms with Gasteiger partial charge in [0.25, 0.3) is 15.9 Å². The average Bonchev–Trinajstić information content (AvgIpc) is 2.63. The molecule has 2 unspecified atom stereocenters. The van der Waals surface area contributed by atoms with Crippen LogP contribution in [0, 0.1) is 6.92 Å². The second kappa shape index (κ2) is 7.72. The molecular weight excluding hydrogens is 360 g/mol. The van der Waals surface area contributed by atoms with E-state index in [1.807, 2.05) is 37.8 Å². The van der Waals surface area contributed by atoms with Crippen molar-refractivity contribution in [2.24, 2.45) is 0 Å². The number of hydrogen-bond donors (Lipinski definition) is 1. The Balaban J connectivity index is 1.86. The number of carbonyl (C=O) groups is 1. The smallest absolute Gasteiger partial charge is 0.261 e. The van der Waals surface area contributed by atoms with Crippen LogP contribution in [0.1, 0.15) is 49.0 Å². The molecule has 0 spiro atoms. The monoisotopic (exact) mass is 386 g/mol. The van der Waals surface area contributed by atoms with Crippen LogP contribution in [0.25, 0.3) is 0 Å². The molecule has 1 N–H and O–H groups in total. The summed E-state index contributed by atoms with van der Waals surface area (Å²) >= 11 is 0. The van der Waals surface area contributed by atoms with E-state index in [0.29, 0.717) is 11.3 Å². The molecule has 2 aromatic rings. The highest BCUT2D eigenvalue weighted by atomic mass is 32.2. The molecule has 144 valence electrons. The Labute approximate surface area is 161 Å². The number of hydrogen-bond acceptors (Lipinski definition) is 3. The van der Waals surface area contributed by atoms with E-state index in [9.17, 15) is 13.2 Å². The first-order chi connectivity index (χ1) is 12.8. The second-order valence-electron chi connectivity index (χ2n) is 7.34. The number of sulfonamides is 1. The minimum atomic E-state index is -3.76. The molecular formula is C21H26N2O3S. The zero-order valence-electron chi connectivity index (χ0n) is 16.0. The van der Waals surface area contributed by atoms with E-state index < -0.39 is 10.0 Å². The third-order valence-corrected chi connectivity index (χ3v) is 6.50. The molecule has 27 heavy (non-hydrogen) atoms. The van der Waals surface area contributed by atoms with Crippen molar-refractivity contribution in [3.8, 4) is 0 Å². The lowest BCUT2D eigenvalue weighted by molar-refractivity contribution is 0.0510. The van der Waals surface area contributed by atoms with Gasteiger partial charge < -0.3 is 4.90 Å². The summed E-state index contributed by atoms with van der Waals surface area (Å²) in [5, 5.41) is 0. The molecule has 2 atom stereocenters. The number of likely N-dealkylation sites (tertiary alicyclic amines) is 1. The molecule has 2 aromatic carbocycles. The third-order valence-electron chi connectivity index (χ3n) is 5.12. The lowest BCUT2D eigenvalue weighted by atomic mass is 9.96. The largest absolute Gasteiger partial charge is 0.333 e. The number of aryl methyl sites for hydroxylation is 1. The molecule has 6 heteroatoms. The van der Waals surface area contributed by atoms with Gasteiger partial charge in [0.2, 0.25) is 0 Å². The van der Waals surface area contributed by atoms with Crippen molar-refractivity contribution in [1.29, 1.82) is 0 Å². The zero-order chi connectivity index (χ0) is 19.6. The fraction of sp³-hybridized carbons (Fsp3) is 0.381. The van der Waals surface area contributed by atoms with Gasteiger partial charge in [-0.05, 0) is 70.4 Å². The lowest BCUT2D eigenvalue weighted by Gasteiger charge is -2.39. The molecule has 1 amide bonds. The summed E-state index contributed by atoms with van der Waals surface area (Å²) in [6, 6.07) is 13.7. The van der Waals surface area contributed by atoms with Crippen LogP contribution in [0.15, 0.2) is 53.4 Å². The molecule has 0 radical (unpaired) electrons. The van der Waals surface area contributed by atoms with Crippen LogP contribution in [0.3, 0.4) is 0 Å². The Morgan fingerprint density at radius 2 is 1.67 bits per heavy atom. The normalized spacial score (nSPS) is 20.3. The van der Waals surface area contributed by atoms with E-state index in [-0.39, 0.29) is 22.9 Å². The van der Waals surface area contributed by atoms with Crippen molar-refractivity contribution in [2.45, 2.75) is 57.0 Å². The molecule has 1 fully saturated rings. The first-order valence-electron chi connectivity index (χ1n) is 9.30. The Hall–Kier alpha value is -2.34. The van der Waals surface area contributed by atoms with Crippen LogP contribution >= 0.6 is 0 Å². The van der Waals surface area contributed by atoms with Crippen molar-refractivity contribution >= 4 is 21.6 Å². The van der Waals surface area contributed by atoms with E-state index in [0.717, 1.165) is 24.8 Å². The average molecular weight is 387 g/mol. The highest BCUT2D eigenvalue weighted by molar-refractivity contribution is 7.92. The Kier molecular flexibility index (Phi) is 5.56. The number of carbonyl (C=O) groups excluding carboxylic acids is 1. The number of rotatable bonds is 4. The van der Waals surface area contributed by atoms with Crippen molar-refractivity contribution in [3.05, 3.63) is 59.7 Å². The van der Waals surface area contributed by atoms with Crippen LogP contribution < -0.4 is 4.72 Å². The summed E-state index contributed by atoms with van der Waals surface area (Å²) in [6.07, 6.45) is 3.06. The van der Waals surface area contributed by atoms with Crippen molar-refractivity contribution in [1.82, 2.24) is 4.90 Å². The van der Waals surface area contributed by atoms with E-state index in [4.69, 9.17) is 0 Å². The maximum Gasteiger partial charge on any atom is 0.261 e. The number of benzene rings is 2. The standard InChI is InChI=1S/C21H26N2O3S/c1-15-10-12-19(13-11-15)22-27(25,26)20-9-5-8-18(14-20)21(24)23-16(2)6-4-7-17(23)3/h5,8-14,16-17,22H,4,6-7H2,1-3H3. The molecule has 0 bridgehead atoms. The summed E-state index contributed by atoms with van der Waals surface area (Å²) in [7, 11) is -3.76. The van der Waals surface area contributed by atoms with Gasteiger partial charge in [0, 0.05) is 23.3 Å². The van der Waals surface area contributed by atoms with Gasteiger partial charge >= 0.3 is 0 Å². The van der Waals surface area contributed by atoms with E-state index >= 15 is 0 Å². The number of nitrogens with one attached hydrogen (secondary N) is 1. The first-order valence-corrected chi connectivity index (χ1v) is 10.8. The molecule has 1 heterocycles. The molecule has 0 aromatic heterocycles. The molecule has 5 nitrogen and oxygen atoms in total. The Morgan fingerprint density at radius 3 is 2.30 bits per heavy atom. The van der Waals surface area contributed by atoms with Gasteiger partial charge in [-0.15, -0.1) is 0 Å². The van der Waals surface area contributed by atoms with Crippen LogP contribution in [0.4, 0.5) is 5.69 Å². The molecule has 1 saturated heterocycles. The van der Waals surface area contributed by atoms with Crippen molar-refractivity contribution < 1.29 is 13.2 Å². The number of nitrogens with zero attached hydrogens (tertiary/aromatic N) is 1. The Bertz CT molecular complexity index is 913. The molecule has 1 aliphatic heterocycles. The molecule has 0 aliphatic carbocycles. The quantitative estimate of drug-likeness (QED) is 0.856. The van der Waals surface area contributed by atoms with Crippen LogP contribution in [-0.4, -0.2) is 31.3 Å². The van der Waals surface area contributed by atoms with E-state index in [1.54, 1.807) is 24.3 Å². The predicted octanol–water partition coefficient (Wildman–Crippen LogP) is 4.20. The third kappa shape index (κ3) is 4.33. The summed E-state index contributed by atoms with van der Waals surface area (Å²) in [6.45, 7) is 6.04. The maximum absolute atomic E-state index is 13.0. The van der Waals surface area contributed by atoms with Gasteiger partial charge in [-0.25, -0.2) is 8.42 Å². The highest BCUT2D eigenvalue weighted by Gasteiger charge is 2.30. The second-order valence-corrected chi connectivity index (χ2v) is 9.02. The molecule has 0 saturated carbocycles. The minimum Gasteiger partial charge on any atom is -0.333 e. The minimum absolute atomic E-state index is 0.0891. The topological polar surface area (TPSA) is 66.5 Å². The van der Waals surface area contributed by atoms with Crippen LogP contribution in [-0.2, 0) is 10.0 Å². The summed E-state index contributed by atoms with van der Waals surface area (Å²) < 4.78 is 28.0. The van der Waals surface area contributed by atoms with Gasteiger partial charge in [-0.3, -0.25) is 9.52 Å². The van der Waals surface area contributed by atoms with Crippen LogP contribution in [0.2, 0.25) is 0 Å². The maximum atomic E-state index is 13.0. The lowest BCUT2D eigenvalue weighted by Crippen LogP contribution is -2.47. The summed E-state index contributed by atoms with van der Waals surface area (Å²) in [4.78, 5) is 15.0. The van der Waals surface area contributed by atoms with Crippen molar-refractivity contribution in [2.75, 3.05) is 4.72 Å². The zero-order valence-corrected chi connectivity index (χ0v) is 16.8.